The molecule has 0 saturated carbocycles. The molecule has 0 spiro atoms. The van der Waals surface area contributed by atoms with Crippen molar-refractivity contribution in [1.82, 2.24) is 10.3 Å². The largest absolute Gasteiger partial charge is 0.417 e. The van der Waals surface area contributed by atoms with E-state index in [9.17, 15) is 18.0 Å². The third-order valence-corrected chi connectivity index (χ3v) is 4.26. The first-order chi connectivity index (χ1) is 12.3. The average Bonchev–Trinajstić information content (AvgIpc) is 2.60. The molecule has 1 fully saturated rings. The second-order valence-electron chi connectivity index (χ2n) is 5.84. The molecule has 5 nitrogen and oxygen atoms in total. The lowest BCUT2D eigenvalue weighted by atomic mass is 10.2. The normalized spacial score (nSPS) is 14.9. The predicted molar refractivity (Wildman–Crippen MR) is 93.2 cm³/mol. The number of nitrogens with zero attached hydrogens (tertiary/aromatic N) is 2. The summed E-state index contributed by atoms with van der Waals surface area (Å²) in [7, 11) is 0. The van der Waals surface area contributed by atoms with E-state index in [4.69, 9.17) is 11.6 Å². The van der Waals surface area contributed by atoms with Crippen molar-refractivity contribution in [2.45, 2.75) is 12.7 Å². The summed E-state index contributed by atoms with van der Waals surface area (Å²) in [4.78, 5) is 17.2. The summed E-state index contributed by atoms with van der Waals surface area (Å²) < 4.78 is 37.9. The number of anilines is 2. The molecule has 2 aromatic rings. The molecule has 1 aliphatic heterocycles. The van der Waals surface area contributed by atoms with E-state index in [-0.39, 0.29) is 16.7 Å². The van der Waals surface area contributed by atoms with Crippen LogP contribution < -0.4 is 15.5 Å². The van der Waals surface area contributed by atoms with Crippen molar-refractivity contribution in [2.24, 2.45) is 0 Å². The summed E-state index contributed by atoms with van der Waals surface area (Å²) >= 11 is 5.87. The molecular weight excluding hydrogens is 369 g/mol. The molecule has 0 bridgehead atoms. The number of piperazine rings is 1. The van der Waals surface area contributed by atoms with Crippen molar-refractivity contribution in [3.8, 4) is 0 Å². The van der Waals surface area contributed by atoms with E-state index in [0.717, 1.165) is 30.1 Å². The molecule has 1 amide bonds. The molecule has 1 saturated heterocycles. The van der Waals surface area contributed by atoms with Gasteiger partial charge in [-0.1, -0.05) is 23.7 Å². The molecule has 1 aromatic carbocycles. The standard InChI is InChI=1S/C17H16ClF3N4O/c18-14-7-12(17(19,20)21)9-24-16(14)23-8-11-1-3-13(4-2-11)25-6-5-22-15(26)10-25/h1-4,7,9H,5-6,8,10H2,(H,22,26)(H,23,24). The fraction of sp³-hybridized carbons (Fsp3) is 0.294. The number of carbonyl (C=O) groups is 1. The highest BCUT2D eigenvalue weighted by atomic mass is 35.5. The number of halogens is 4. The number of nitrogens with one attached hydrogen (secondary N) is 2. The monoisotopic (exact) mass is 384 g/mol. The van der Waals surface area contributed by atoms with Crippen LogP contribution >= 0.6 is 11.6 Å². The number of benzene rings is 1. The van der Waals surface area contributed by atoms with Gasteiger partial charge in [0.25, 0.3) is 0 Å². The summed E-state index contributed by atoms with van der Waals surface area (Å²) in [5, 5.41) is 5.61. The van der Waals surface area contributed by atoms with Gasteiger partial charge in [0.1, 0.15) is 5.82 Å². The first-order valence-corrected chi connectivity index (χ1v) is 8.28. The highest BCUT2D eigenvalue weighted by Gasteiger charge is 2.31. The van der Waals surface area contributed by atoms with E-state index in [1.807, 2.05) is 29.2 Å². The van der Waals surface area contributed by atoms with Crippen LogP contribution in [0.2, 0.25) is 5.02 Å². The van der Waals surface area contributed by atoms with Crippen LogP contribution in [0.3, 0.4) is 0 Å². The summed E-state index contributed by atoms with van der Waals surface area (Å²) in [6.45, 7) is 2.04. The van der Waals surface area contributed by atoms with Crippen molar-refractivity contribution in [3.05, 3.63) is 52.7 Å². The smallest absolute Gasteiger partial charge is 0.365 e. The van der Waals surface area contributed by atoms with Gasteiger partial charge in [-0.05, 0) is 23.8 Å². The summed E-state index contributed by atoms with van der Waals surface area (Å²) in [6, 6.07) is 8.41. The molecule has 0 aliphatic carbocycles. The van der Waals surface area contributed by atoms with Crippen molar-refractivity contribution in [1.29, 1.82) is 0 Å². The molecule has 138 valence electrons. The lowest BCUT2D eigenvalue weighted by Crippen LogP contribution is -2.47. The number of alkyl halides is 3. The van der Waals surface area contributed by atoms with Crippen LogP contribution in [0.25, 0.3) is 0 Å². The number of carbonyl (C=O) groups excluding carboxylic acids is 1. The van der Waals surface area contributed by atoms with Crippen LogP contribution in [-0.4, -0.2) is 30.5 Å². The van der Waals surface area contributed by atoms with E-state index in [1.165, 1.54) is 0 Å². The van der Waals surface area contributed by atoms with E-state index in [2.05, 4.69) is 15.6 Å². The van der Waals surface area contributed by atoms with Crippen LogP contribution in [0.4, 0.5) is 24.7 Å². The van der Waals surface area contributed by atoms with E-state index >= 15 is 0 Å². The Hall–Kier alpha value is -2.48. The Bertz CT molecular complexity index is 796. The predicted octanol–water partition coefficient (Wildman–Crippen LogP) is 3.30. The molecule has 0 atom stereocenters. The zero-order valence-corrected chi connectivity index (χ0v) is 14.4. The molecule has 2 heterocycles. The first-order valence-electron chi connectivity index (χ1n) is 7.90. The number of amides is 1. The molecule has 2 N–H and O–H groups in total. The zero-order valence-electron chi connectivity index (χ0n) is 13.6. The Kier molecular flexibility index (Phi) is 5.22. The molecule has 1 aromatic heterocycles. The third-order valence-electron chi connectivity index (χ3n) is 3.97. The maximum atomic E-state index is 12.6. The van der Waals surface area contributed by atoms with Crippen LogP contribution in [0.1, 0.15) is 11.1 Å². The SMILES string of the molecule is O=C1CN(c2ccc(CNc3ncc(C(F)(F)F)cc3Cl)cc2)CCN1. The first kappa shape index (κ1) is 18.3. The van der Waals surface area contributed by atoms with Crippen LogP contribution in [0, 0.1) is 0 Å². The summed E-state index contributed by atoms with van der Waals surface area (Å²) in [6.07, 6.45) is -3.73. The van der Waals surface area contributed by atoms with Crippen LogP contribution in [0.15, 0.2) is 36.5 Å². The van der Waals surface area contributed by atoms with Gasteiger partial charge in [-0.25, -0.2) is 4.98 Å². The topological polar surface area (TPSA) is 57.3 Å². The number of hydrogen-bond acceptors (Lipinski definition) is 4. The van der Waals surface area contributed by atoms with Gasteiger partial charge < -0.3 is 15.5 Å². The lowest BCUT2D eigenvalue weighted by molar-refractivity contribution is -0.137. The lowest BCUT2D eigenvalue weighted by Gasteiger charge is -2.28. The van der Waals surface area contributed by atoms with Crippen molar-refractivity contribution in [3.63, 3.8) is 0 Å². The Morgan fingerprint density at radius 1 is 1.27 bits per heavy atom. The van der Waals surface area contributed by atoms with E-state index in [1.54, 1.807) is 0 Å². The van der Waals surface area contributed by atoms with Crippen LogP contribution in [0.5, 0.6) is 0 Å². The van der Waals surface area contributed by atoms with E-state index < -0.39 is 11.7 Å². The Balaban J connectivity index is 1.62. The third kappa shape index (κ3) is 4.37. The minimum Gasteiger partial charge on any atom is -0.365 e. The maximum Gasteiger partial charge on any atom is 0.417 e. The fourth-order valence-electron chi connectivity index (χ4n) is 2.59. The molecule has 1 aliphatic rings. The number of aromatic nitrogens is 1. The van der Waals surface area contributed by atoms with Gasteiger partial charge in [0.2, 0.25) is 5.91 Å². The van der Waals surface area contributed by atoms with E-state index in [0.29, 0.717) is 19.6 Å². The quantitative estimate of drug-likeness (QED) is 0.849. The van der Waals surface area contributed by atoms with Crippen LogP contribution in [-0.2, 0) is 17.5 Å². The van der Waals surface area contributed by atoms with Crippen molar-refractivity contribution < 1.29 is 18.0 Å². The van der Waals surface area contributed by atoms with Gasteiger partial charge in [0.15, 0.2) is 0 Å². The van der Waals surface area contributed by atoms with Gasteiger partial charge in [0.05, 0.1) is 17.1 Å². The zero-order chi connectivity index (χ0) is 18.7. The molecular formula is C17H16ClF3N4O. The number of rotatable bonds is 4. The fourth-order valence-corrected chi connectivity index (χ4v) is 2.83. The summed E-state index contributed by atoms with van der Waals surface area (Å²) in [5.41, 5.74) is 0.963. The van der Waals surface area contributed by atoms with Crippen molar-refractivity contribution in [2.75, 3.05) is 29.9 Å². The van der Waals surface area contributed by atoms with Crippen molar-refractivity contribution >= 4 is 29.0 Å². The number of hydrogen-bond donors (Lipinski definition) is 2. The van der Waals surface area contributed by atoms with Gasteiger partial charge >= 0.3 is 6.18 Å². The van der Waals surface area contributed by atoms with Gasteiger partial charge in [-0.2, -0.15) is 13.2 Å². The minimum absolute atomic E-state index is 0.00925. The Labute approximate surface area is 153 Å². The molecule has 0 unspecified atom stereocenters. The maximum absolute atomic E-state index is 12.6. The average molecular weight is 385 g/mol. The molecule has 3 rings (SSSR count). The molecule has 9 heteroatoms. The second-order valence-corrected chi connectivity index (χ2v) is 6.25. The van der Waals surface area contributed by atoms with Gasteiger partial charge in [-0.3, -0.25) is 4.79 Å². The highest BCUT2D eigenvalue weighted by molar-refractivity contribution is 6.32. The highest BCUT2D eigenvalue weighted by Crippen LogP contribution is 2.32. The molecule has 0 radical (unpaired) electrons. The second kappa shape index (κ2) is 7.41. The Morgan fingerprint density at radius 2 is 2.00 bits per heavy atom. The summed E-state index contributed by atoms with van der Waals surface area (Å²) in [5.74, 6) is 0.182. The van der Waals surface area contributed by atoms with Gasteiger partial charge in [0, 0.05) is 31.5 Å². The minimum atomic E-state index is -4.48. The van der Waals surface area contributed by atoms with Gasteiger partial charge in [-0.15, -0.1) is 0 Å². The Morgan fingerprint density at radius 3 is 2.62 bits per heavy atom. The number of pyridine rings is 1. The molecule has 26 heavy (non-hydrogen) atoms.